The van der Waals surface area contributed by atoms with E-state index in [1.165, 1.54) is 0 Å². The third-order valence-corrected chi connectivity index (χ3v) is 3.45. The fraction of sp³-hybridized carbons (Fsp3) is 0.0588. The molecule has 1 aliphatic carbocycles. The molecule has 1 aliphatic rings. The first-order chi connectivity index (χ1) is 9.74. The number of ether oxygens (including phenoxy) is 1. The van der Waals surface area contributed by atoms with Crippen LogP contribution in [0, 0.1) is 6.92 Å². The first kappa shape index (κ1) is 12.4. The van der Waals surface area contributed by atoms with E-state index in [-0.39, 0.29) is 5.78 Å². The number of hydrogen-bond acceptors (Lipinski definition) is 3. The SMILES string of the molecule is Cc1ccccc1C1=C(OC=O)c2ccccc2C1=O. The summed E-state index contributed by atoms with van der Waals surface area (Å²) in [4.78, 5) is 23.4. The van der Waals surface area contributed by atoms with Gasteiger partial charge in [-0.2, -0.15) is 0 Å². The maximum atomic E-state index is 12.6. The van der Waals surface area contributed by atoms with Gasteiger partial charge >= 0.3 is 0 Å². The van der Waals surface area contributed by atoms with E-state index in [1.807, 2.05) is 37.3 Å². The smallest absolute Gasteiger partial charge is 0.298 e. The lowest BCUT2D eigenvalue weighted by atomic mass is 9.98. The number of allylic oxidation sites excluding steroid dienone is 1. The molecule has 0 amide bonds. The summed E-state index contributed by atoms with van der Waals surface area (Å²) in [6.07, 6.45) is 0. The van der Waals surface area contributed by atoms with Crippen molar-refractivity contribution in [1.29, 1.82) is 0 Å². The molecule has 0 saturated heterocycles. The molecule has 2 aromatic carbocycles. The Morgan fingerprint density at radius 1 is 0.900 bits per heavy atom. The van der Waals surface area contributed by atoms with Gasteiger partial charge in [-0.15, -0.1) is 0 Å². The van der Waals surface area contributed by atoms with Gasteiger partial charge in [0.2, 0.25) is 0 Å². The molecular weight excluding hydrogens is 252 g/mol. The average molecular weight is 264 g/mol. The highest BCUT2D eigenvalue weighted by Crippen LogP contribution is 2.39. The Kier molecular flexibility index (Phi) is 2.95. The van der Waals surface area contributed by atoms with Gasteiger partial charge in [-0.05, 0) is 18.1 Å². The summed E-state index contributed by atoms with van der Waals surface area (Å²) in [6, 6.07) is 14.7. The van der Waals surface area contributed by atoms with Gasteiger partial charge in [-0.25, -0.2) is 0 Å². The van der Waals surface area contributed by atoms with Gasteiger partial charge in [-0.1, -0.05) is 48.5 Å². The summed E-state index contributed by atoms with van der Waals surface area (Å²) < 4.78 is 5.10. The zero-order chi connectivity index (χ0) is 14.1. The van der Waals surface area contributed by atoms with E-state index in [9.17, 15) is 9.59 Å². The first-order valence-electron chi connectivity index (χ1n) is 6.28. The highest BCUT2D eigenvalue weighted by atomic mass is 16.5. The second-order valence-electron chi connectivity index (χ2n) is 4.61. The number of fused-ring (bicyclic) bond motifs is 1. The summed E-state index contributed by atoms with van der Waals surface area (Å²) in [6.45, 7) is 2.29. The van der Waals surface area contributed by atoms with Gasteiger partial charge < -0.3 is 4.74 Å². The van der Waals surface area contributed by atoms with E-state index < -0.39 is 0 Å². The molecule has 0 spiro atoms. The summed E-state index contributed by atoms with van der Waals surface area (Å²) in [5, 5.41) is 0. The molecule has 3 heteroatoms. The average Bonchev–Trinajstić information content (AvgIpc) is 2.74. The Morgan fingerprint density at radius 2 is 1.50 bits per heavy atom. The molecule has 0 radical (unpaired) electrons. The van der Waals surface area contributed by atoms with Crippen LogP contribution in [0.5, 0.6) is 0 Å². The van der Waals surface area contributed by atoms with Crippen LogP contribution in [-0.2, 0) is 9.53 Å². The van der Waals surface area contributed by atoms with Crippen LogP contribution in [-0.4, -0.2) is 12.3 Å². The molecule has 0 atom stereocenters. The normalized spacial score (nSPS) is 13.3. The predicted molar refractivity (Wildman–Crippen MR) is 75.9 cm³/mol. The largest absolute Gasteiger partial charge is 0.427 e. The van der Waals surface area contributed by atoms with E-state index in [4.69, 9.17) is 4.74 Å². The fourth-order valence-electron chi connectivity index (χ4n) is 2.52. The maximum absolute atomic E-state index is 12.6. The van der Waals surface area contributed by atoms with Crippen molar-refractivity contribution in [2.24, 2.45) is 0 Å². The third kappa shape index (κ3) is 1.75. The number of carbonyl (C=O) groups excluding carboxylic acids is 2. The Hall–Kier alpha value is -2.68. The lowest BCUT2D eigenvalue weighted by molar-refractivity contribution is -0.122. The molecular formula is C17H12O3. The first-order valence-corrected chi connectivity index (χ1v) is 6.28. The summed E-state index contributed by atoms with van der Waals surface area (Å²) in [7, 11) is 0. The molecule has 0 aromatic heterocycles. The topological polar surface area (TPSA) is 43.4 Å². The molecule has 98 valence electrons. The number of Topliss-reactive ketones (excluding diaryl/α,β-unsaturated/α-hetero) is 1. The molecule has 0 N–H and O–H groups in total. The highest BCUT2D eigenvalue weighted by Gasteiger charge is 2.32. The van der Waals surface area contributed by atoms with Gasteiger partial charge in [0.1, 0.15) is 5.76 Å². The Bertz CT molecular complexity index is 741. The molecule has 0 aliphatic heterocycles. The minimum absolute atomic E-state index is 0.105. The van der Waals surface area contributed by atoms with E-state index in [1.54, 1.807) is 18.2 Å². The van der Waals surface area contributed by atoms with Crippen molar-refractivity contribution in [2.75, 3.05) is 0 Å². The van der Waals surface area contributed by atoms with Crippen LogP contribution in [0.25, 0.3) is 11.3 Å². The maximum Gasteiger partial charge on any atom is 0.298 e. The van der Waals surface area contributed by atoms with Gasteiger partial charge in [-0.3, -0.25) is 9.59 Å². The standard InChI is InChI=1S/C17H12O3/c1-11-6-2-3-7-12(11)15-16(19)13-8-4-5-9-14(13)17(15)20-10-18/h2-10H,1H3. The Balaban J connectivity index is 2.27. The van der Waals surface area contributed by atoms with E-state index >= 15 is 0 Å². The lowest BCUT2D eigenvalue weighted by Crippen LogP contribution is -2.00. The zero-order valence-corrected chi connectivity index (χ0v) is 10.9. The molecule has 0 unspecified atom stereocenters. The monoisotopic (exact) mass is 264 g/mol. The van der Waals surface area contributed by atoms with Crippen LogP contribution in [0.2, 0.25) is 0 Å². The van der Waals surface area contributed by atoms with Crippen molar-refractivity contribution >= 4 is 23.6 Å². The van der Waals surface area contributed by atoms with Crippen molar-refractivity contribution in [2.45, 2.75) is 6.92 Å². The number of carbonyl (C=O) groups is 2. The van der Waals surface area contributed by atoms with Gasteiger partial charge in [0, 0.05) is 11.1 Å². The van der Waals surface area contributed by atoms with Crippen LogP contribution in [0.3, 0.4) is 0 Å². The predicted octanol–water partition coefficient (Wildman–Crippen LogP) is 3.23. The number of rotatable bonds is 3. The number of ketones is 1. The molecule has 0 saturated carbocycles. The molecule has 0 bridgehead atoms. The molecule has 3 rings (SSSR count). The van der Waals surface area contributed by atoms with Gasteiger partial charge in [0.25, 0.3) is 6.47 Å². The van der Waals surface area contributed by atoms with Crippen molar-refractivity contribution in [3.05, 3.63) is 70.8 Å². The molecule has 0 heterocycles. The van der Waals surface area contributed by atoms with Crippen molar-refractivity contribution in [3.63, 3.8) is 0 Å². The van der Waals surface area contributed by atoms with Crippen LogP contribution >= 0.6 is 0 Å². The molecule has 0 fully saturated rings. The van der Waals surface area contributed by atoms with Gasteiger partial charge in [0.05, 0.1) is 5.57 Å². The number of benzene rings is 2. The van der Waals surface area contributed by atoms with Crippen molar-refractivity contribution in [1.82, 2.24) is 0 Å². The summed E-state index contributed by atoms with van der Waals surface area (Å²) in [5.74, 6) is 0.238. The quantitative estimate of drug-likeness (QED) is 0.799. The van der Waals surface area contributed by atoms with Crippen LogP contribution in [0.15, 0.2) is 48.5 Å². The summed E-state index contributed by atoms with van der Waals surface area (Å²) in [5.41, 5.74) is 3.46. The molecule has 3 nitrogen and oxygen atoms in total. The molecule has 2 aromatic rings. The van der Waals surface area contributed by atoms with Crippen LogP contribution in [0.1, 0.15) is 27.0 Å². The fourth-order valence-corrected chi connectivity index (χ4v) is 2.52. The van der Waals surface area contributed by atoms with Crippen molar-refractivity contribution in [3.8, 4) is 0 Å². The Labute approximate surface area is 116 Å². The second-order valence-corrected chi connectivity index (χ2v) is 4.61. The minimum atomic E-state index is -0.105. The van der Waals surface area contributed by atoms with Crippen LogP contribution < -0.4 is 0 Å². The van der Waals surface area contributed by atoms with E-state index in [0.29, 0.717) is 28.9 Å². The zero-order valence-electron chi connectivity index (χ0n) is 10.9. The van der Waals surface area contributed by atoms with Crippen molar-refractivity contribution < 1.29 is 14.3 Å². The lowest BCUT2D eigenvalue weighted by Gasteiger charge is -2.07. The second kappa shape index (κ2) is 4.78. The Morgan fingerprint density at radius 3 is 2.15 bits per heavy atom. The number of aryl methyl sites for hydroxylation is 1. The van der Waals surface area contributed by atoms with E-state index in [0.717, 1.165) is 11.1 Å². The van der Waals surface area contributed by atoms with E-state index in [2.05, 4.69) is 0 Å². The number of hydrogen-bond donors (Lipinski definition) is 0. The summed E-state index contributed by atoms with van der Waals surface area (Å²) >= 11 is 0. The minimum Gasteiger partial charge on any atom is -0.427 e. The van der Waals surface area contributed by atoms with Gasteiger partial charge in [0.15, 0.2) is 5.78 Å². The third-order valence-electron chi connectivity index (χ3n) is 3.45. The molecule has 20 heavy (non-hydrogen) atoms. The van der Waals surface area contributed by atoms with Crippen LogP contribution in [0.4, 0.5) is 0 Å². The highest BCUT2D eigenvalue weighted by molar-refractivity contribution is 6.39.